The van der Waals surface area contributed by atoms with Crippen LogP contribution in [0.2, 0.25) is 0 Å². The molecule has 0 radical (unpaired) electrons. The highest BCUT2D eigenvalue weighted by Crippen LogP contribution is 2.31. The van der Waals surface area contributed by atoms with Crippen LogP contribution in [0.5, 0.6) is 0 Å². The zero-order valence-electron chi connectivity index (χ0n) is 23.4. The van der Waals surface area contributed by atoms with E-state index in [9.17, 15) is 10.1 Å². The maximum absolute atomic E-state index is 12.7. The molecule has 1 fully saturated rings. The maximum atomic E-state index is 12.7. The molecule has 0 aliphatic carbocycles. The number of H-pyrrole nitrogens is 1. The third-order valence-electron chi connectivity index (χ3n) is 7.75. The number of allylic oxidation sites excluding steroid dienone is 2. The molecule has 0 saturated carbocycles. The summed E-state index contributed by atoms with van der Waals surface area (Å²) in [5.74, 6) is 0.337. The van der Waals surface area contributed by atoms with Gasteiger partial charge < -0.3 is 20.9 Å². The molecule has 0 bridgehead atoms. The van der Waals surface area contributed by atoms with Crippen molar-refractivity contribution < 1.29 is 4.79 Å². The number of aromatic nitrogens is 5. The molecule has 3 aromatic heterocycles. The summed E-state index contributed by atoms with van der Waals surface area (Å²) in [6.07, 6.45) is 16.6. The molecular formula is C31H34N10O. The van der Waals surface area contributed by atoms with Crippen LogP contribution in [0.25, 0.3) is 22.3 Å². The lowest BCUT2D eigenvalue weighted by Gasteiger charge is -2.41. The van der Waals surface area contributed by atoms with Crippen molar-refractivity contribution in [3.63, 3.8) is 0 Å². The van der Waals surface area contributed by atoms with Gasteiger partial charge in [0.05, 0.1) is 24.4 Å². The molecular weight excluding hydrogens is 528 g/mol. The molecule has 0 spiro atoms. The van der Waals surface area contributed by atoms with Gasteiger partial charge in [0.2, 0.25) is 5.95 Å². The highest BCUT2D eigenvalue weighted by atomic mass is 16.1. The predicted octanol–water partition coefficient (Wildman–Crippen LogP) is 3.72. The van der Waals surface area contributed by atoms with Crippen molar-refractivity contribution in [2.75, 3.05) is 44.6 Å². The number of nitrogens with zero attached hydrogens (tertiary/aromatic N) is 6. The summed E-state index contributed by atoms with van der Waals surface area (Å²) < 4.78 is 1.88. The third-order valence-corrected chi connectivity index (χ3v) is 7.75. The Balaban J connectivity index is 1.09. The average molecular weight is 563 g/mol. The summed E-state index contributed by atoms with van der Waals surface area (Å²) in [7, 11) is 0. The number of carbonyl (C=O) groups excluding carboxylic acids is 1. The lowest BCUT2D eigenvalue weighted by Crippen LogP contribution is -2.60. The molecule has 5 heterocycles. The van der Waals surface area contributed by atoms with Crippen molar-refractivity contribution >= 4 is 28.6 Å². The summed E-state index contributed by atoms with van der Waals surface area (Å²) in [4.78, 5) is 27.7. The van der Waals surface area contributed by atoms with E-state index in [1.165, 1.54) is 0 Å². The molecule has 0 atom stereocenters. The summed E-state index contributed by atoms with van der Waals surface area (Å²) in [6.45, 7) is 4.86. The predicted molar refractivity (Wildman–Crippen MR) is 162 cm³/mol. The lowest BCUT2D eigenvalue weighted by atomic mass is 9.89. The largest absolute Gasteiger partial charge is 0.352 e. The normalized spacial score (nSPS) is 17.1. The van der Waals surface area contributed by atoms with E-state index in [-0.39, 0.29) is 11.4 Å². The van der Waals surface area contributed by atoms with Crippen LogP contribution in [-0.2, 0) is 5.54 Å². The molecule has 2 aliphatic heterocycles. The zero-order chi connectivity index (χ0) is 28.8. The molecule has 42 heavy (non-hydrogen) atoms. The highest BCUT2D eigenvalue weighted by molar-refractivity contribution is 5.94. The first-order valence-electron chi connectivity index (χ1n) is 14.3. The minimum absolute atomic E-state index is 0.0896. The number of nitriles is 1. The van der Waals surface area contributed by atoms with Gasteiger partial charge in [-0.25, -0.2) is 4.98 Å². The van der Waals surface area contributed by atoms with Gasteiger partial charge in [0.15, 0.2) is 0 Å². The van der Waals surface area contributed by atoms with E-state index in [2.05, 4.69) is 66.3 Å². The molecule has 214 valence electrons. The van der Waals surface area contributed by atoms with Gasteiger partial charge in [-0.3, -0.25) is 14.4 Å². The molecule has 11 nitrogen and oxygen atoms in total. The first-order chi connectivity index (χ1) is 20.6. The Bertz CT molecular complexity index is 1620. The molecule has 11 heteroatoms. The molecule has 0 unspecified atom stereocenters. The van der Waals surface area contributed by atoms with E-state index in [1.807, 2.05) is 35.3 Å². The molecule has 1 aromatic carbocycles. The summed E-state index contributed by atoms with van der Waals surface area (Å²) in [5, 5.41) is 24.3. The fourth-order valence-corrected chi connectivity index (χ4v) is 5.27. The van der Waals surface area contributed by atoms with Gasteiger partial charge in [0, 0.05) is 73.9 Å². The van der Waals surface area contributed by atoms with Crippen molar-refractivity contribution in [1.29, 1.82) is 5.26 Å². The number of anilines is 2. The van der Waals surface area contributed by atoms with E-state index >= 15 is 0 Å². The second kappa shape index (κ2) is 12.4. The number of nitrogens with one attached hydrogen (secondary N) is 4. The van der Waals surface area contributed by atoms with Gasteiger partial charge in [-0.2, -0.15) is 15.3 Å². The first kappa shape index (κ1) is 27.4. The summed E-state index contributed by atoms with van der Waals surface area (Å²) in [5.41, 5.74) is 3.34. The number of hydrogen-bond acceptors (Lipinski definition) is 8. The monoisotopic (exact) mass is 562 g/mol. The van der Waals surface area contributed by atoms with Gasteiger partial charge in [-0.05, 0) is 43.2 Å². The van der Waals surface area contributed by atoms with Crippen molar-refractivity contribution in [3.8, 4) is 17.3 Å². The Hall–Kier alpha value is -4.79. The van der Waals surface area contributed by atoms with Gasteiger partial charge in [-0.15, -0.1) is 0 Å². The van der Waals surface area contributed by atoms with Gasteiger partial charge in [0.1, 0.15) is 11.2 Å². The van der Waals surface area contributed by atoms with Crippen molar-refractivity contribution in [2.24, 2.45) is 0 Å². The standard InChI is InChI=1S/C31H34N10O/c32-13-12-31(21-33-22-31)41-20-24(19-36-41)27-26-11-15-34-28(26)39-30(38-27)37-25-9-7-23(8-10-25)29(42)35-14-6-18-40-16-4-2-1-3-5-17-40/h2-5,7-11,15,19-20,33H,1,6,12,14,16-18,21-22H2,(H,35,42)(H2,34,37,38,39)/b4-2-,5-3?. The van der Waals surface area contributed by atoms with Crippen LogP contribution in [0.4, 0.5) is 11.6 Å². The second-order valence-electron chi connectivity index (χ2n) is 10.7. The van der Waals surface area contributed by atoms with E-state index in [4.69, 9.17) is 4.98 Å². The number of hydrogen-bond donors (Lipinski definition) is 4. The highest BCUT2D eigenvalue weighted by Gasteiger charge is 2.39. The Kier molecular flexibility index (Phi) is 8.07. The van der Waals surface area contributed by atoms with Crippen LogP contribution in [-0.4, -0.2) is 74.8 Å². The number of rotatable bonds is 10. The molecule has 1 saturated heterocycles. The van der Waals surface area contributed by atoms with Crippen molar-refractivity contribution in [2.45, 2.75) is 24.8 Å². The maximum Gasteiger partial charge on any atom is 0.251 e. The number of aromatic amines is 1. The fraction of sp³-hybridized carbons (Fsp3) is 0.323. The van der Waals surface area contributed by atoms with Crippen LogP contribution >= 0.6 is 0 Å². The van der Waals surface area contributed by atoms with Gasteiger partial charge in [0.25, 0.3) is 5.91 Å². The second-order valence-corrected chi connectivity index (χ2v) is 10.7. The smallest absolute Gasteiger partial charge is 0.251 e. The van der Waals surface area contributed by atoms with Crippen LogP contribution in [0.15, 0.2) is 73.2 Å². The summed E-state index contributed by atoms with van der Waals surface area (Å²) in [6, 6.07) is 11.5. The van der Waals surface area contributed by atoms with Crippen LogP contribution in [0, 0.1) is 11.3 Å². The molecule has 1 amide bonds. The Labute approximate surface area is 244 Å². The summed E-state index contributed by atoms with van der Waals surface area (Å²) >= 11 is 0. The average Bonchev–Trinajstić information content (AvgIpc) is 3.64. The zero-order valence-corrected chi connectivity index (χ0v) is 23.4. The lowest BCUT2D eigenvalue weighted by molar-refractivity contribution is 0.0952. The van der Waals surface area contributed by atoms with Gasteiger partial charge >= 0.3 is 0 Å². The van der Waals surface area contributed by atoms with E-state index < -0.39 is 0 Å². The van der Waals surface area contributed by atoms with Crippen LogP contribution < -0.4 is 16.0 Å². The van der Waals surface area contributed by atoms with Gasteiger partial charge in [-0.1, -0.05) is 24.3 Å². The number of amides is 1. The first-order valence-corrected chi connectivity index (χ1v) is 14.3. The van der Waals surface area contributed by atoms with E-state index in [1.54, 1.807) is 18.3 Å². The SMILES string of the molecule is N#CCC1(n2cc(-c3nc(Nc4ccc(C(=O)NCCCN5CC=CC/C=C\C5)cc4)nc4[nH]ccc34)cn2)CNC1. The van der Waals surface area contributed by atoms with E-state index in [0.717, 1.165) is 54.8 Å². The van der Waals surface area contributed by atoms with Crippen molar-refractivity contribution in [3.05, 3.63) is 78.8 Å². The quantitative estimate of drug-likeness (QED) is 0.169. The molecule has 2 aliphatic rings. The molecule has 6 rings (SSSR count). The molecule has 4 N–H and O–H groups in total. The Morgan fingerprint density at radius 3 is 2.62 bits per heavy atom. The molecule has 4 aromatic rings. The van der Waals surface area contributed by atoms with Crippen LogP contribution in [0.1, 0.15) is 29.6 Å². The fourth-order valence-electron chi connectivity index (χ4n) is 5.27. The van der Waals surface area contributed by atoms with Crippen LogP contribution in [0.3, 0.4) is 0 Å². The minimum atomic E-state index is -0.326. The third kappa shape index (κ3) is 5.95. The number of benzene rings is 1. The number of carbonyl (C=O) groups is 1. The Morgan fingerprint density at radius 1 is 1.07 bits per heavy atom. The van der Waals surface area contributed by atoms with E-state index in [0.29, 0.717) is 43.2 Å². The Morgan fingerprint density at radius 2 is 1.88 bits per heavy atom. The minimum Gasteiger partial charge on any atom is -0.352 e. The topological polar surface area (TPSA) is 140 Å². The van der Waals surface area contributed by atoms with Crippen molar-refractivity contribution in [1.82, 2.24) is 40.3 Å². The number of fused-ring (bicyclic) bond motifs is 1.